The summed E-state index contributed by atoms with van der Waals surface area (Å²) in [5.74, 6) is 1.06. The van der Waals surface area contributed by atoms with Crippen molar-refractivity contribution in [2.24, 2.45) is 0 Å². The average molecular weight is 465 g/mol. The average Bonchev–Trinajstić information content (AvgIpc) is 2.77. The van der Waals surface area contributed by atoms with Gasteiger partial charge in [-0.15, -0.1) is 0 Å². The first-order chi connectivity index (χ1) is 14.5. The molecule has 0 unspecified atom stereocenters. The number of benzene rings is 3. The maximum atomic E-state index is 10.9. The van der Waals surface area contributed by atoms with Crippen molar-refractivity contribution in [1.82, 2.24) is 0 Å². The summed E-state index contributed by atoms with van der Waals surface area (Å²) in [7, 11) is 1.55. The molecule has 150 valence electrons. The van der Waals surface area contributed by atoms with Crippen molar-refractivity contribution in [3.05, 3.63) is 98.0 Å². The molecule has 6 nitrogen and oxygen atoms in total. The molecule has 0 N–H and O–H groups in total. The number of halogens is 1. The van der Waals surface area contributed by atoms with E-state index in [4.69, 9.17) is 9.47 Å². The second-order valence-electron chi connectivity index (χ2n) is 6.27. The Hall–Kier alpha value is -3.63. The summed E-state index contributed by atoms with van der Waals surface area (Å²) < 4.78 is 12.5. The fourth-order valence-electron chi connectivity index (χ4n) is 2.80. The molecule has 0 aromatic heterocycles. The van der Waals surface area contributed by atoms with Crippen LogP contribution in [0, 0.1) is 21.4 Å². The van der Waals surface area contributed by atoms with Crippen molar-refractivity contribution < 1.29 is 14.4 Å². The van der Waals surface area contributed by atoms with Gasteiger partial charge in [-0.1, -0.05) is 40.2 Å². The van der Waals surface area contributed by atoms with Crippen LogP contribution in [0.15, 0.2) is 71.2 Å². The number of para-hydroxylation sites is 1. The topological polar surface area (TPSA) is 85.4 Å². The van der Waals surface area contributed by atoms with Gasteiger partial charge in [0.25, 0.3) is 5.69 Å². The van der Waals surface area contributed by atoms with E-state index in [1.54, 1.807) is 31.4 Å². The Morgan fingerprint density at radius 1 is 1.13 bits per heavy atom. The van der Waals surface area contributed by atoms with E-state index in [0.29, 0.717) is 34.8 Å². The van der Waals surface area contributed by atoms with Crippen LogP contribution in [0.2, 0.25) is 0 Å². The number of ether oxygens (including phenoxy) is 2. The third kappa shape index (κ3) is 5.04. The molecule has 3 aromatic rings. The summed E-state index contributed by atoms with van der Waals surface area (Å²) in [6.07, 6.45) is 1.68. The van der Waals surface area contributed by atoms with E-state index >= 15 is 0 Å². The predicted molar refractivity (Wildman–Crippen MR) is 118 cm³/mol. The number of nitriles is 1. The highest BCUT2D eigenvalue weighted by Crippen LogP contribution is 2.34. The lowest BCUT2D eigenvalue weighted by molar-refractivity contribution is -0.384. The predicted octanol–water partition coefficient (Wildman–Crippen LogP) is 6.01. The van der Waals surface area contributed by atoms with Crippen molar-refractivity contribution in [3.8, 4) is 17.6 Å². The van der Waals surface area contributed by atoms with Crippen molar-refractivity contribution in [2.75, 3.05) is 7.11 Å². The molecule has 0 atom stereocenters. The fraction of sp³-hybridized carbons (Fsp3) is 0.0870. The van der Waals surface area contributed by atoms with Crippen LogP contribution in [-0.4, -0.2) is 12.0 Å². The number of nitro benzene ring substituents is 1. The Balaban J connectivity index is 1.94. The third-order valence-electron chi connectivity index (χ3n) is 4.34. The zero-order chi connectivity index (χ0) is 21.5. The second kappa shape index (κ2) is 9.72. The Kier molecular flexibility index (Phi) is 6.83. The first kappa shape index (κ1) is 21.1. The van der Waals surface area contributed by atoms with E-state index in [2.05, 4.69) is 22.0 Å². The van der Waals surface area contributed by atoms with Gasteiger partial charge in [0.15, 0.2) is 11.5 Å². The summed E-state index contributed by atoms with van der Waals surface area (Å²) >= 11 is 3.41. The standard InChI is InChI=1S/C23H17BrN2O4/c1-29-22-4-2-3-18(23(22)30-15-16-5-9-20(24)10-6-16)13-19(14-25)17-7-11-21(12-8-17)26(27)28/h2-13H,15H2,1H3. The third-order valence-corrected chi connectivity index (χ3v) is 4.86. The number of hydrogen-bond donors (Lipinski definition) is 0. The normalized spacial score (nSPS) is 10.9. The molecule has 0 heterocycles. The van der Waals surface area contributed by atoms with Crippen LogP contribution in [0.4, 0.5) is 5.69 Å². The van der Waals surface area contributed by atoms with E-state index in [9.17, 15) is 15.4 Å². The first-order valence-electron chi connectivity index (χ1n) is 8.92. The molecule has 0 bridgehead atoms. The first-order valence-corrected chi connectivity index (χ1v) is 9.72. The maximum Gasteiger partial charge on any atom is 0.269 e. The van der Waals surface area contributed by atoms with Gasteiger partial charge < -0.3 is 9.47 Å². The Bertz CT molecular complexity index is 1120. The molecule has 0 aliphatic heterocycles. The molecule has 7 heteroatoms. The number of rotatable bonds is 7. The number of nitro groups is 1. The molecule has 30 heavy (non-hydrogen) atoms. The van der Waals surface area contributed by atoms with Gasteiger partial charge in [0.05, 0.1) is 23.7 Å². The van der Waals surface area contributed by atoms with Crippen LogP contribution in [0.5, 0.6) is 11.5 Å². The quantitative estimate of drug-likeness (QED) is 0.185. The highest BCUT2D eigenvalue weighted by Gasteiger charge is 2.12. The van der Waals surface area contributed by atoms with E-state index < -0.39 is 4.92 Å². The van der Waals surface area contributed by atoms with Gasteiger partial charge in [0, 0.05) is 22.2 Å². The summed E-state index contributed by atoms with van der Waals surface area (Å²) in [6, 6.07) is 21.2. The zero-order valence-corrected chi connectivity index (χ0v) is 17.6. The number of hydrogen-bond acceptors (Lipinski definition) is 5. The Labute approximate surface area is 182 Å². The van der Waals surface area contributed by atoms with E-state index in [1.165, 1.54) is 12.1 Å². The highest BCUT2D eigenvalue weighted by molar-refractivity contribution is 9.10. The SMILES string of the molecule is COc1cccc(C=C(C#N)c2ccc([N+](=O)[O-])cc2)c1OCc1ccc(Br)cc1. The van der Waals surface area contributed by atoms with Crippen LogP contribution in [0.3, 0.4) is 0 Å². The zero-order valence-electron chi connectivity index (χ0n) is 16.0. The fourth-order valence-corrected chi connectivity index (χ4v) is 3.06. The molecule has 0 amide bonds. The molecule has 3 aromatic carbocycles. The number of non-ortho nitro benzene ring substituents is 1. The Morgan fingerprint density at radius 2 is 1.83 bits per heavy atom. The molecule has 0 spiro atoms. The number of methoxy groups -OCH3 is 1. The van der Waals surface area contributed by atoms with Gasteiger partial charge in [-0.3, -0.25) is 10.1 Å². The summed E-state index contributed by atoms with van der Waals surface area (Å²) in [6.45, 7) is 0.327. The highest BCUT2D eigenvalue weighted by atomic mass is 79.9. The molecule has 0 saturated heterocycles. The Morgan fingerprint density at radius 3 is 2.43 bits per heavy atom. The number of nitrogens with zero attached hydrogens (tertiary/aromatic N) is 2. The van der Waals surface area contributed by atoms with E-state index in [0.717, 1.165) is 10.0 Å². The summed E-state index contributed by atoms with van der Waals surface area (Å²) in [5.41, 5.74) is 2.55. The minimum absolute atomic E-state index is 0.0315. The second-order valence-corrected chi connectivity index (χ2v) is 7.18. The molecule has 3 rings (SSSR count). The smallest absolute Gasteiger partial charge is 0.269 e. The van der Waals surface area contributed by atoms with Crippen LogP contribution in [0.25, 0.3) is 11.6 Å². The minimum atomic E-state index is -0.477. The van der Waals surface area contributed by atoms with Crippen molar-refractivity contribution in [1.29, 1.82) is 5.26 Å². The molecular formula is C23H17BrN2O4. The lowest BCUT2D eigenvalue weighted by atomic mass is 10.0. The minimum Gasteiger partial charge on any atom is -0.493 e. The number of allylic oxidation sites excluding steroid dienone is 1. The van der Waals surface area contributed by atoms with Crippen LogP contribution in [-0.2, 0) is 6.61 Å². The van der Waals surface area contributed by atoms with Crippen LogP contribution < -0.4 is 9.47 Å². The summed E-state index contributed by atoms with van der Waals surface area (Å²) in [5, 5.41) is 20.5. The van der Waals surface area contributed by atoms with Crippen LogP contribution >= 0.6 is 15.9 Å². The van der Waals surface area contributed by atoms with Gasteiger partial charge in [-0.25, -0.2) is 0 Å². The van der Waals surface area contributed by atoms with E-state index in [-0.39, 0.29) is 5.69 Å². The van der Waals surface area contributed by atoms with Gasteiger partial charge in [0.1, 0.15) is 6.61 Å². The maximum absolute atomic E-state index is 10.9. The lowest BCUT2D eigenvalue weighted by Gasteiger charge is -2.14. The lowest BCUT2D eigenvalue weighted by Crippen LogP contribution is -1.99. The molecule has 0 aliphatic carbocycles. The molecule has 0 aliphatic rings. The molecule has 0 radical (unpaired) electrons. The molecule has 0 fully saturated rings. The van der Waals surface area contributed by atoms with Gasteiger partial charge in [0.2, 0.25) is 0 Å². The van der Waals surface area contributed by atoms with Gasteiger partial charge >= 0.3 is 0 Å². The summed E-state index contributed by atoms with van der Waals surface area (Å²) in [4.78, 5) is 10.4. The molecule has 0 saturated carbocycles. The van der Waals surface area contributed by atoms with Crippen molar-refractivity contribution in [2.45, 2.75) is 6.61 Å². The monoisotopic (exact) mass is 464 g/mol. The van der Waals surface area contributed by atoms with E-state index in [1.807, 2.05) is 36.4 Å². The van der Waals surface area contributed by atoms with Gasteiger partial charge in [-0.2, -0.15) is 5.26 Å². The largest absolute Gasteiger partial charge is 0.493 e. The molecular weight excluding hydrogens is 448 g/mol. The van der Waals surface area contributed by atoms with Crippen LogP contribution in [0.1, 0.15) is 16.7 Å². The van der Waals surface area contributed by atoms with Gasteiger partial charge in [-0.05, 0) is 47.5 Å². The van der Waals surface area contributed by atoms with Crippen molar-refractivity contribution in [3.63, 3.8) is 0 Å². The van der Waals surface area contributed by atoms with Crippen molar-refractivity contribution >= 4 is 33.3 Å².